The van der Waals surface area contributed by atoms with Crippen LogP contribution in [0.1, 0.15) is 133 Å². The third-order valence-corrected chi connectivity index (χ3v) is 17.3. The van der Waals surface area contributed by atoms with Crippen LogP contribution in [0.25, 0.3) is 17.1 Å². The van der Waals surface area contributed by atoms with Gasteiger partial charge < -0.3 is 14.2 Å². The fraction of sp³-hybridized carbons (Fsp3) is 0.311. The van der Waals surface area contributed by atoms with Gasteiger partial charge in [0.25, 0.3) is 16.7 Å². The normalized spacial score (nSPS) is 16.9. The van der Waals surface area contributed by atoms with Crippen LogP contribution in [0.5, 0.6) is 17.2 Å². The van der Waals surface area contributed by atoms with Gasteiger partial charge in [-0.1, -0.05) is 103 Å². The summed E-state index contributed by atoms with van der Waals surface area (Å²) >= 11 is 38.7. The molecule has 0 radical (unpaired) electrons. The Morgan fingerprint density at radius 1 is 0.451 bits per heavy atom. The van der Waals surface area contributed by atoms with Crippen LogP contribution >= 0.6 is 69.6 Å². The van der Waals surface area contributed by atoms with Crippen molar-refractivity contribution in [2.45, 2.75) is 122 Å². The maximum Gasteiger partial charge on any atom is 0.349 e. The van der Waals surface area contributed by atoms with Gasteiger partial charge >= 0.3 is 17.1 Å². The van der Waals surface area contributed by atoms with E-state index in [0.717, 1.165) is 154 Å². The summed E-state index contributed by atoms with van der Waals surface area (Å²) in [6.45, 7) is 17.1. The van der Waals surface area contributed by atoms with Crippen molar-refractivity contribution < 1.29 is 14.2 Å². The number of hydrogen-bond donors (Lipinski definition) is 6. The third kappa shape index (κ3) is 13.6. The lowest BCUT2D eigenvalue weighted by atomic mass is 9.89. The van der Waals surface area contributed by atoms with Crippen molar-refractivity contribution in [2.75, 3.05) is 0 Å². The van der Waals surface area contributed by atoms with Gasteiger partial charge in [-0.2, -0.15) is 29.3 Å². The Labute approximate surface area is 547 Å². The van der Waals surface area contributed by atoms with Gasteiger partial charge in [0.05, 0.1) is 64.3 Å². The predicted octanol–water partition coefficient (Wildman–Crippen LogP) is 11.0. The largest absolute Gasteiger partial charge is 0.434 e. The molecule has 3 aromatic heterocycles. The van der Waals surface area contributed by atoms with Crippen LogP contribution < -0.4 is 64.2 Å². The zero-order chi connectivity index (χ0) is 64.7. The minimum Gasteiger partial charge on any atom is -0.434 e. The molecule has 3 aliphatic heterocycles. The topological polar surface area (TPSA) is 304 Å². The fourth-order valence-corrected chi connectivity index (χ4v) is 12.5. The second kappa shape index (κ2) is 26.7. The van der Waals surface area contributed by atoms with Gasteiger partial charge in [-0.15, -0.1) is 15.3 Å². The van der Waals surface area contributed by atoms with E-state index in [-0.39, 0.29) is 70.6 Å². The highest BCUT2D eigenvalue weighted by Crippen LogP contribution is 2.42. The summed E-state index contributed by atoms with van der Waals surface area (Å²) < 4.78 is 21.1. The van der Waals surface area contributed by atoms with Gasteiger partial charge in [0, 0.05) is 28.6 Å². The first kappa shape index (κ1) is 64.0. The number of allylic oxidation sites excluding steroid dienone is 3. The Hall–Kier alpha value is -8.52. The lowest BCUT2D eigenvalue weighted by Crippen LogP contribution is -2.34. The predicted molar refractivity (Wildman–Crippen MR) is 350 cm³/mol. The number of hydrogen-bond acceptors (Lipinski definition) is 18. The van der Waals surface area contributed by atoms with Crippen LogP contribution in [0.15, 0.2) is 151 Å². The van der Waals surface area contributed by atoms with Gasteiger partial charge in [0.2, 0.25) is 17.7 Å². The van der Waals surface area contributed by atoms with E-state index >= 15 is 0 Å². The van der Waals surface area contributed by atoms with Crippen LogP contribution in [0.3, 0.4) is 0 Å². The second-order valence-corrected chi connectivity index (χ2v) is 24.8. The van der Waals surface area contributed by atoms with Crippen LogP contribution in [-0.2, 0) is 0 Å². The van der Waals surface area contributed by atoms with Crippen LogP contribution in [-0.4, -0.2) is 62.0 Å². The summed E-state index contributed by atoms with van der Waals surface area (Å²) in [5, 5.41) is 26.3. The molecule has 13 rings (SSSR count). The Morgan fingerprint density at radius 2 is 0.758 bits per heavy atom. The van der Waals surface area contributed by atoms with Crippen LogP contribution in [0.2, 0.25) is 30.1 Å². The van der Waals surface area contributed by atoms with Gasteiger partial charge in [-0.05, 0) is 150 Å². The number of halogens is 6. The van der Waals surface area contributed by atoms with Crippen LogP contribution in [0, 0.1) is 6.92 Å². The molecule has 0 atom stereocenters. The first-order chi connectivity index (χ1) is 43.5. The number of hydrazone groups is 3. The van der Waals surface area contributed by atoms with Crippen molar-refractivity contribution >= 4 is 87.3 Å². The fourth-order valence-electron chi connectivity index (χ4n) is 10.9. The summed E-state index contributed by atoms with van der Waals surface area (Å²) in [5.41, 5.74) is 15.4. The van der Waals surface area contributed by atoms with Crippen molar-refractivity contribution in [3.05, 3.63) is 216 Å². The number of nitrogens with zero attached hydrogens (tertiary/aromatic N) is 9. The molecule has 0 amide bonds. The zero-order valence-corrected chi connectivity index (χ0v) is 53.6. The van der Waals surface area contributed by atoms with E-state index in [0.29, 0.717) is 40.4 Å². The third-order valence-electron chi connectivity index (χ3n) is 15.6. The highest BCUT2D eigenvalue weighted by atomic mass is 35.5. The molecule has 30 heteroatoms. The zero-order valence-electron chi connectivity index (χ0n) is 49.1. The van der Waals surface area contributed by atoms with Crippen LogP contribution in [0.4, 0.5) is 0 Å². The number of H-pyrrole nitrogens is 3. The molecule has 6 aromatic rings. The SMILES string of the molecule is C=C1NN=C(Oc2c(Cl)cc(-n3nc(C(C)C)c(=O)[nH]c3=O)cc2Cl)C2=C1CCCC2.C=C1NN=C(Oc2c(Cl)cc(-n3nc(C)c(=O)[nH]c3=O)cc2Cl)C2=C1CCCC2.C=C1NN=C(Oc2c(Cl)cc(-n3nc(C4CC4)c(=O)[nH]c3=O)cc2Cl)C2=C1CCCC2. The van der Waals surface area contributed by atoms with E-state index in [1.165, 1.54) is 43.3 Å². The monoisotopic (exact) mass is 1350 g/mol. The van der Waals surface area contributed by atoms with Crippen molar-refractivity contribution in [3.63, 3.8) is 0 Å². The van der Waals surface area contributed by atoms with Crippen molar-refractivity contribution in [1.29, 1.82) is 0 Å². The number of ether oxygens (including phenoxy) is 3. The summed E-state index contributed by atoms with van der Waals surface area (Å²) in [6.07, 6.45) is 13.4. The molecule has 1 fully saturated rings. The molecular weight excluding hydrogens is 1300 g/mol. The lowest BCUT2D eigenvalue weighted by molar-refractivity contribution is 0.523. The van der Waals surface area contributed by atoms with Gasteiger partial charge in [-0.25, -0.2) is 14.4 Å². The van der Waals surface area contributed by atoms with Gasteiger partial charge in [0.1, 0.15) is 17.1 Å². The second-order valence-electron chi connectivity index (χ2n) is 22.3. The number of nitrogens with one attached hydrogen (secondary N) is 6. The van der Waals surface area contributed by atoms with E-state index < -0.39 is 33.7 Å². The first-order valence-corrected chi connectivity index (χ1v) is 31.2. The Balaban J connectivity index is 0.000000140. The molecule has 24 nitrogen and oxygen atoms in total. The molecule has 0 spiro atoms. The summed E-state index contributed by atoms with van der Waals surface area (Å²) in [7, 11) is 0. The minimum atomic E-state index is -0.697. The number of benzene rings is 3. The van der Waals surface area contributed by atoms with E-state index in [1.54, 1.807) is 0 Å². The molecule has 1 saturated carbocycles. The Morgan fingerprint density at radius 3 is 1.10 bits per heavy atom. The highest BCUT2D eigenvalue weighted by molar-refractivity contribution is 6.39. The maximum absolute atomic E-state index is 12.3. The smallest absolute Gasteiger partial charge is 0.349 e. The maximum atomic E-state index is 12.3. The molecular formula is C61H57Cl6N15O9. The quantitative estimate of drug-likeness (QED) is 0.0825. The average molecular weight is 1360 g/mol. The number of rotatable bonds is 8. The first-order valence-electron chi connectivity index (χ1n) is 29.0. The lowest BCUT2D eigenvalue weighted by Gasteiger charge is -2.26. The summed E-state index contributed by atoms with van der Waals surface area (Å²) in [4.78, 5) is 79.1. The van der Waals surface area contributed by atoms with E-state index in [9.17, 15) is 28.8 Å². The summed E-state index contributed by atoms with van der Waals surface area (Å²) in [5.74, 6) is 1.80. The molecule has 91 heavy (non-hydrogen) atoms. The molecule has 6 heterocycles. The molecule has 7 aliphatic rings. The van der Waals surface area contributed by atoms with Gasteiger partial charge in [-0.3, -0.25) is 45.6 Å². The average Bonchev–Trinajstić information content (AvgIpc) is 2.12. The number of aromatic nitrogens is 9. The van der Waals surface area contributed by atoms with E-state index in [1.807, 2.05) is 13.8 Å². The molecule has 0 bridgehead atoms. The molecule has 0 unspecified atom stereocenters. The van der Waals surface area contributed by atoms with Crippen molar-refractivity contribution in [3.8, 4) is 34.3 Å². The molecule has 3 aromatic carbocycles. The molecule has 4 aliphatic carbocycles. The molecule has 6 N–H and O–H groups in total. The summed E-state index contributed by atoms with van der Waals surface area (Å²) in [6, 6.07) is 9.04. The number of aryl methyl sites for hydroxylation is 1. The minimum absolute atomic E-state index is 0.0775. The van der Waals surface area contributed by atoms with Gasteiger partial charge in [0.15, 0.2) is 17.2 Å². The van der Waals surface area contributed by atoms with E-state index in [4.69, 9.17) is 83.8 Å². The Bertz CT molecular complexity index is 4420. The number of aromatic amines is 3. The standard InChI is InChI=1S/C21H19Cl2N5O3.C21H21Cl2N5O3.C19H17Cl2N5O3/c1-10-13-4-2-3-5-14(13)20(26-25-10)31-18-15(22)8-12(9-16(18)23)28-21(30)24-19(29)17(27-28)11-6-7-11;1-10(2)17-19(29)24-21(30)28(27-17)12-8-15(22)18(16(23)9-12)31-20-14-7-5-4-6-13(14)11(3)25-26-20;1-9-12-5-3-4-6-13(12)18(24-23-9)29-16-14(20)7-11(8-15(16)21)26-19(28)22-17(27)10(2)25-26/h8-9,11,25H,1-7H2,(H,24,29,30);8-10,25H,3-7H2,1-2H3,(H,24,29,30);7-8,23H,1,3-6H2,2H3,(H,22,27,28). The molecule has 472 valence electrons. The van der Waals surface area contributed by atoms with Crippen molar-refractivity contribution in [1.82, 2.24) is 60.6 Å². The van der Waals surface area contributed by atoms with E-state index in [2.05, 4.69) is 81.6 Å². The van der Waals surface area contributed by atoms with Crippen molar-refractivity contribution in [2.24, 2.45) is 15.3 Å². The highest BCUT2D eigenvalue weighted by Gasteiger charge is 2.32. The molecule has 0 saturated heterocycles. The Kier molecular flexibility index (Phi) is 18.8.